The molecule has 0 aliphatic carbocycles. The molecule has 2 aromatic carbocycles. The highest BCUT2D eigenvalue weighted by molar-refractivity contribution is 7.18. The Kier molecular flexibility index (Phi) is 5.45. The molecule has 0 bridgehead atoms. The van der Waals surface area contributed by atoms with Crippen LogP contribution in [0.2, 0.25) is 0 Å². The number of quaternary nitrogens is 1. The van der Waals surface area contributed by atoms with Gasteiger partial charge in [0.1, 0.15) is 17.4 Å². The fourth-order valence-corrected chi connectivity index (χ4v) is 4.60. The minimum atomic E-state index is -0.226. The summed E-state index contributed by atoms with van der Waals surface area (Å²) >= 11 is 1.76. The first kappa shape index (κ1) is 18.1. The summed E-state index contributed by atoms with van der Waals surface area (Å²) in [5.74, 6) is -0.104. The van der Waals surface area contributed by atoms with E-state index in [9.17, 15) is 9.18 Å². The number of fused-ring (bicyclic) bond motifs is 1. The van der Waals surface area contributed by atoms with Gasteiger partial charge >= 0.3 is 0 Å². The van der Waals surface area contributed by atoms with Gasteiger partial charge in [-0.25, -0.2) is 9.37 Å². The van der Waals surface area contributed by atoms with Crippen molar-refractivity contribution in [1.29, 1.82) is 0 Å². The average molecular weight is 385 g/mol. The number of halogens is 1. The molecule has 6 heteroatoms. The molecule has 0 unspecified atom stereocenters. The second kappa shape index (κ2) is 8.15. The van der Waals surface area contributed by atoms with Gasteiger partial charge in [-0.05, 0) is 30.2 Å². The van der Waals surface area contributed by atoms with Gasteiger partial charge in [0.25, 0.3) is 0 Å². The number of hydrogen-bond donors (Lipinski definition) is 1. The molecule has 2 heterocycles. The number of carbonyl (C=O) groups excluding carboxylic acids is 1. The molecule has 0 radical (unpaired) electrons. The number of nitrogens with zero attached hydrogens (tertiary/aromatic N) is 2. The summed E-state index contributed by atoms with van der Waals surface area (Å²) in [6.45, 7) is 4.30. The monoisotopic (exact) mass is 384 g/mol. The third kappa shape index (κ3) is 4.34. The molecule has 140 valence electrons. The molecule has 3 aromatic rings. The van der Waals surface area contributed by atoms with Crippen LogP contribution in [0, 0.1) is 5.82 Å². The Hall–Kier alpha value is -2.31. The number of carbonyl (C=O) groups is 1. The zero-order valence-corrected chi connectivity index (χ0v) is 16.0. The van der Waals surface area contributed by atoms with E-state index in [2.05, 4.69) is 12.1 Å². The maximum Gasteiger partial charge on any atom is 0.223 e. The number of nitrogens with one attached hydrogen (secondary N) is 1. The van der Waals surface area contributed by atoms with E-state index in [4.69, 9.17) is 4.98 Å². The third-order valence-corrected chi connectivity index (χ3v) is 6.17. The quantitative estimate of drug-likeness (QED) is 0.733. The molecule has 1 amide bonds. The van der Waals surface area contributed by atoms with Crippen molar-refractivity contribution in [1.82, 2.24) is 9.88 Å². The van der Waals surface area contributed by atoms with Crippen molar-refractivity contribution in [2.75, 3.05) is 26.2 Å². The summed E-state index contributed by atoms with van der Waals surface area (Å²) in [7, 11) is 0. The van der Waals surface area contributed by atoms with E-state index in [1.807, 2.05) is 23.1 Å². The maximum atomic E-state index is 13.7. The topological polar surface area (TPSA) is 37.6 Å². The summed E-state index contributed by atoms with van der Waals surface area (Å²) in [4.78, 5) is 20.5. The van der Waals surface area contributed by atoms with Crippen molar-refractivity contribution >= 4 is 27.5 Å². The van der Waals surface area contributed by atoms with Crippen LogP contribution in [-0.2, 0) is 17.8 Å². The summed E-state index contributed by atoms with van der Waals surface area (Å²) < 4.78 is 14.9. The number of rotatable bonds is 5. The minimum Gasteiger partial charge on any atom is -0.331 e. The van der Waals surface area contributed by atoms with Crippen molar-refractivity contribution in [3.05, 3.63) is 64.9 Å². The fraction of sp³-hybridized carbons (Fsp3) is 0.333. The Morgan fingerprint density at radius 1 is 1.11 bits per heavy atom. The summed E-state index contributed by atoms with van der Waals surface area (Å²) in [5.41, 5.74) is 1.69. The Bertz CT molecular complexity index is 901. The predicted molar refractivity (Wildman–Crippen MR) is 105 cm³/mol. The van der Waals surface area contributed by atoms with E-state index in [0.717, 1.165) is 43.2 Å². The van der Waals surface area contributed by atoms with Crippen LogP contribution in [-0.4, -0.2) is 42.0 Å². The average Bonchev–Trinajstić information content (AvgIpc) is 3.10. The van der Waals surface area contributed by atoms with Crippen LogP contribution in [0.3, 0.4) is 0 Å². The molecule has 1 aliphatic rings. The van der Waals surface area contributed by atoms with E-state index in [1.165, 1.54) is 15.7 Å². The summed E-state index contributed by atoms with van der Waals surface area (Å²) in [5, 5.41) is 1.16. The highest BCUT2D eigenvalue weighted by Crippen LogP contribution is 2.20. The van der Waals surface area contributed by atoms with Gasteiger partial charge < -0.3 is 9.80 Å². The predicted octanol–water partition coefficient (Wildman–Crippen LogP) is 2.30. The SMILES string of the molecule is O=C(CCc1ccccc1F)N1CC[NH+](Cc2nc3ccccc3s2)CC1. The molecular weight excluding hydrogens is 361 g/mol. The van der Waals surface area contributed by atoms with Gasteiger partial charge in [0.05, 0.1) is 36.4 Å². The van der Waals surface area contributed by atoms with Crippen molar-refractivity contribution in [2.24, 2.45) is 0 Å². The van der Waals surface area contributed by atoms with Gasteiger partial charge in [0.2, 0.25) is 5.91 Å². The first-order chi connectivity index (χ1) is 13.2. The molecule has 0 spiro atoms. The molecule has 1 aromatic heterocycles. The normalized spacial score (nSPS) is 15.4. The number of thiazole rings is 1. The largest absolute Gasteiger partial charge is 0.331 e. The van der Waals surface area contributed by atoms with Crippen LogP contribution in [0.4, 0.5) is 4.39 Å². The first-order valence-corrected chi connectivity index (χ1v) is 10.2. The van der Waals surface area contributed by atoms with Gasteiger partial charge in [-0.3, -0.25) is 4.79 Å². The Labute approximate surface area is 162 Å². The van der Waals surface area contributed by atoms with Crippen LogP contribution >= 0.6 is 11.3 Å². The number of benzene rings is 2. The highest BCUT2D eigenvalue weighted by Gasteiger charge is 2.24. The standard InChI is InChI=1S/C21H22FN3OS/c22-17-6-2-1-5-16(17)9-10-21(26)25-13-11-24(12-14-25)15-20-23-18-7-3-4-8-19(18)27-20/h1-8H,9-15H2/p+1. The van der Waals surface area contributed by atoms with Crippen molar-refractivity contribution in [3.63, 3.8) is 0 Å². The molecule has 4 nitrogen and oxygen atoms in total. The Morgan fingerprint density at radius 3 is 2.63 bits per heavy atom. The molecule has 1 fully saturated rings. The molecule has 0 saturated carbocycles. The van der Waals surface area contributed by atoms with Gasteiger partial charge in [-0.15, -0.1) is 11.3 Å². The molecule has 1 saturated heterocycles. The molecule has 1 aliphatic heterocycles. The lowest BCUT2D eigenvalue weighted by Gasteiger charge is -2.32. The number of aromatic nitrogens is 1. The zero-order chi connectivity index (χ0) is 18.6. The van der Waals surface area contributed by atoms with Crippen LogP contribution in [0.5, 0.6) is 0 Å². The van der Waals surface area contributed by atoms with Gasteiger partial charge in [-0.2, -0.15) is 0 Å². The van der Waals surface area contributed by atoms with E-state index >= 15 is 0 Å². The molecular formula is C21H23FN3OS+. The third-order valence-electron chi connectivity index (χ3n) is 5.13. The lowest BCUT2D eigenvalue weighted by atomic mass is 10.1. The Balaban J connectivity index is 1.27. The number of piperazine rings is 1. The van der Waals surface area contributed by atoms with Gasteiger partial charge in [0, 0.05) is 6.42 Å². The van der Waals surface area contributed by atoms with Crippen LogP contribution in [0.1, 0.15) is 17.0 Å². The van der Waals surface area contributed by atoms with E-state index in [0.29, 0.717) is 18.4 Å². The number of aryl methyl sites for hydroxylation is 1. The van der Waals surface area contributed by atoms with Crippen molar-refractivity contribution in [3.8, 4) is 0 Å². The van der Waals surface area contributed by atoms with Crippen LogP contribution < -0.4 is 4.90 Å². The molecule has 27 heavy (non-hydrogen) atoms. The minimum absolute atomic E-state index is 0.122. The lowest BCUT2D eigenvalue weighted by molar-refractivity contribution is -0.917. The van der Waals surface area contributed by atoms with Crippen LogP contribution in [0.25, 0.3) is 10.2 Å². The molecule has 1 N–H and O–H groups in total. The van der Waals surface area contributed by atoms with E-state index < -0.39 is 0 Å². The van der Waals surface area contributed by atoms with Crippen molar-refractivity contribution in [2.45, 2.75) is 19.4 Å². The molecule has 0 atom stereocenters. The van der Waals surface area contributed by atoms with Gasteiger partial charge in [-0.1, -0.05) is 30.3 Å². The lowest BCUT2D eigenvalue weighted by Crippen LogP contribution is -3.13. The number of amides is 1. The summed E-state index contributed by atoms with van der Waals surface area (Å²) in [6, 6.07) is 14.9. The summed E-state index contributed by atoms with van der Waals surface area (Å²) in [6.07, 6.45) is 0.832. The smallest absolute Gasteiger partial charge is 0.223 e. The maximum absolute atomic E-state index is 13.7. The Morgan fingerprint density at radius 2 is 1.85 bits per heavy atom. The number of para-hydroxylation sites is 1. The highest BCUT2D eigenvalue weighted by atomic mass is 32.1. The first-order valence-electron chi connectivity index (χ1n) is 9.38. The second-order valence-electron chi connectivity index (χ2n) is 6.97. The second-order valence-corrected chi connectivity index (χ2v) is 8.09. The van der Waals surface area contributed by atoms with E-state index in [-0.39, 0.29) is 11.7 Å². The number of hydrogen-bond acceptors (Lipinski definition) is 3. The molecule has 4 rings (SSSR count). The fourth-order valence-electron chi connectivity index (χ4n) is 3.56. The van der Waals surface area contributed by atoms with Gasteiger partial charge in [0.15, 0.2) is 0 Å². The zero-order valence-electron chi connectivity index (χ0n) is 15.2. The van der Waals surface area contributed by atoms with E-state index in [1.54, 1.807) is 23.5 Å². The van der Waals surface area contributed by atoms with Crippen molar-refractivity contribution < 1.29 is 14.1 Å². The van der Waals surface area contributed by atoms with Crippen LogP contribution in [0.15, 0.2) is 48.5 Å².